The van der Waals surface area contributed by atoms with Crippen molar-refractivity contribution in [1.29, 1.82) is 0 Å². The first kappa shape index (κ1) is 19.9. The molecule has 3 heterocycles. The molecule has 1 saturated heterocycles. The number of nitrogens with zero attached hydrogens (tertiary/aromatic N) is 3. The van der Waals surface area contributed by atoms with Gasteiger partial charge in [-0.1, -0.05) is 38.1 Å². The van der Waals surface area contributed by atoms with Gasteiger partial charge in [-0.15, -0.1) is 0 Å². The molecule has 1 atom stereocenters. The largest absolute Gasteiger partial charge is 0.342 e. The lowest BCUT2D eigenvalue weighted by Crippen LogP contribution is -2.33. The van der Waals surface area contributed by atoms with Crippen molar-refractivity contribution in [2.45, 2.75) is 57.8 Å². The predicted octanol–water partition coefficient (Wildman–Crippen LogP) is 4.34. The van der Waals surface area contributed by atoms with E-state index in [1.807, 2.05) is 0 Å². The molecule has 160 valence electrons. The van der Waals surface area contributed by atoms with E-state index >= 15 is 0 Å². The van der Waals surface area contributed by atoms with Crippen molar-refractivity contribution in [1.82, 2.24) is 15.0 Å². The summed E-state index contributed by atoms with van der Waals surface area (Å²) in [4.78, 5) is 40.2. The number of pyridine rings is 1. The van der Waals surface area contributed by atoms with Crippen LogP contribution in [0.25, 0.3) is 11.0 Å². The Morgan fingerprint density at radius 2 is 1.77 bits per heavy atom. The lowest BCUT2D eigenvalue weighted by molar-refractivity contribution is 0.0964. The molecular formula is C25H28N4O2. The van der Waals surface area contributed by atoms with Crippen LogP contribution in [0.3, 0.4) is 0 Å². The Morgan fingerprint density at radius 3 is 2.48 bits per heavy atom. The second-order valence-corrected chi connectivity index (χ2v) is 9.14. The van der Waals surface area contributed by atoms with Crippen LogP contribution in [-0.2, 0) is 6.42 Å². The number of Topliss-reactive ketones (excluding diaryl/α,β-unsaturated/α-hetero) is 1. The van der Waals surface area contributed by atoms with Gasteiger partial charge in [-0.05, 0) is 54.2 Å². The molecule has 31 heavy (non-hydrogen) atoms. The number of carbonyl (C=O) groups is 1. The quantitative estimate of drug-likeness (QED) is 0.687. The summed E-state index contributed by atoms with van der Waals surface area (Å²) in [5.41, 5.74) is 4.03. The van der Waals surface area contributed by atoms with E-state index in [9.17, 15) is 9.59 Å². The van der Waals surface area contributed by atoms with Crippen molar-refractivity contribution >= 4 is 22.8 Å². The number of aromatic amines is 1. The van der Waals surface area contributed by atoms with Gasteiger partial charge in [0.25, 0.3) is 5.56 Å². The average Bonchev–Trinajstić information content (AvgIpc) is 2.79. The van der Waals surface area contributed by atoms with Gasteiger partial charge in [-0.25, -0.2) is 4.98 Å². The van der Waals surface area contributed by atoms with Crippen molar-refractivity contribution < 1.29 is 4.79 Å². The molecule has 1 aliphatic carbocycles. The van der Waals surface area contributed by atoms with Gasteiger partial charge in [-0.2, -0.15) is 4.98 Å². The molecule has 0 spiro atoms. The standard InChI is InChI=1S/C25H28N4O2/c1-15(2)16-6-8-17(9-7-16)18-12-19-20(21(30)13-18)14-26-23-22(19)24(31)28-25(27-23)29-10-4-3-5-11-29/h6-9,14-15,18H,3-5,10-13H2,1-2H3,(H,26,27,28,31). The maximum absolute atomic E-state index is 13.1. The van der Waals surface area contributed by atoms with Gasteiger partial charge in [0.05, 0.1) is 5.39 Å². The van der Waals surface area contributed by atoms with E-state index in [1.165, 1.54) is 12.0 Å². The molecular weight excluding hydrogens is 388 g/mol. The molecule has 1 aromatic carbocycles. The van der Waals surface area contributed by atoms with Crippen LogP contribution in [0, 0.1) is 0 Å². The first-order chi connectivity index (χ1) is 15.0. The summed E-state index contributed by atoms with van der Waals surface area (Å²) < 4.78 is 0. The zero-order valence-corrected chi connectivity index (χ0v) is 18.1. The third kappa shape index (κ3) is 3.64. The molecule has 6 heteroatoms. The van der Waals surface area contributed by atoms with Crippen molar-refractivity contribution in [2.75, 3.05) is 18.0 Å². The third-order valence-electron chi connectivity index (χ3n) is 6.74. The number of H-pyrrole nitrogens is 1. The minimum absolute atomic E-state index is 0.0492. The summed E-state index contributed by atoms with van der Waals surface area (Å²) in [7, 11) is 0. The molecule has 6 nitrogen and oxygen atoms in total. The fourth-order valence-corrected chi connectivity index (χ4v) is 4.90. The maximum Gasteiger partial charge on any atom is 0.262 e. The lowest BCUT2D eigenvalue weighted by Gasteiger charge is -2.28. The highest BCUT2D eigenvalue weighted by atomic mass is 16.1. The van der Waals surface area contributed by atoms with Crippen molar-refractivity contribution in [3.05, 3.63) is 63.1 Å². The number of hydrogen-bond donors (Lipinski definition) is 1. The monoisotopic (exact) mass is 416 g/mol. The smallest absolute Gasteiger partial charge is 0.262 e. The van der Waals surface area contributed by atoms with Crippen molar-refractivity contribution in [3.8, 4) is 0 Å². The fourth-order valence-electron chi connectivity index (χ4n) is 4.90. The molecule has 5 rings (SSSR count). The molecule has 0 amide bonds. The summed E-state index contributed by atoms with van der Waals surface area (Å²) in [5, 5.41) is 0.468. The highest BCUT2D eigenvalue weighted by Crippen LogP contribution is 2.35. The molecule has 0 saturated carbocycles. The van der Waals surface area contributed by atoms with Crippen LogP contribution >= 0.6 is 0 Å². The Kier molecular flexibility index (Phi) is 5.08. The van der Waals surface area contributed by atoms with E-state index in [0.29, 0.717) is 41.3 Å². The minimum Gasteiger partial charge on any atom is -0.342 e. The molecule has 1 N–H and O–H groups in total. The SMILES string of the molecule is CC(C)c1ccc(C2CC(=O)c3cnc4nc(N5CCCCC5)[nH]c(=O)c4c3C2)cc1. The van der Waals surface area contributed by atoms with Crippen molar-refractivity contribution in [3.63, 3.8) is 0 Å². The Bertz CT molecular complexity index is 1190. The number of fused-ring (bicyclic) bond motifs is 3. The fraction of sp³-hybridized carbons (Fsp3) is 0.440. The molecule has 1 fully saturated rings. The molecule has 2 aromatic heterocycles. The van der Waals surface area contributed by atoms with E-state index in [0.717, 1.165) is 37.1 Å². The van der Waals surface area contributed by atoms with Gasteiger partial charge in [0, 0.05) is 31.3 Å². The number of ketones is 1. The Labute approximate surface area is 181 Å². The number of hydrogen-bond acceptors (Lipinski definition) is 5. The highest BCUT2D eigenvalue weighted by Gasteiger charge is 2.30. The van der Waals surface area contributed by atoms with Crippen LogP contribution in [0.1, 0.15) is 78.4 Å². The van der Waals surface area contributed by atoms with Gasteiger partial charge in [-0.3, -0.25) is 14.6 Å². The first-order valence-electron chi connectivity index (χ1n) is 11.3. The number of aromatic nitrogens is 3. The molecule has 2 aliphatic rings. The first-order valence-corrected chi connectivity index (χ1v) is 11.3. The van der Waals surface area contributed by atoms with E-state index < -0.39 is 0 Å². The highest BCUT2D eigenvalue weighted by molar-refractivity contribution is 6.02. The normalized spacial score (nSPS) is 19.1. The summed E-state index contributed by atoms with van der Waals surface area (Å²) in [5.74, 6) is 1.17. The Hall–Kier alpha value is -3.02. The number of nitrogens with one attached hydrogen (secondary N) is 1. The van der Waals surface area contributed by atoms with Crippen LogP contribution in [0.4, 0.5) is 5.95 Å². The molecule has 0 bridgehead atoms. The average molecular weight is 417 g/mol. The van der Waals surface area contributed by atoms with E-state index in [-0.39, 0.29) is 17.3 Å². The maximum atomic E-state index is 13.1. The predicted molar refractivity (Wildman–Crippen MR) is 122 cm³/mol. The molecule has 3 aromatic rings. The van der Waals surface area contributed by atoms with E-state index in [1.54, 1.807) is 6.20 Å². The number of anilines is 1. The summed E-state index contributed by atoms with van der Waals surface area (Å²) in [6, 6.07) is 8.53. The zero-order valence-electron chi connectivity index (χ0n) is 18.1. The summed E-state index contributed by atoms with van der Waals surface area (Å²) >= 11 is 0. The van der Waals surface area contributed by atoms with Crippen molar-refractivity contribution in [2.24, 2.45) is 0 Å². The summed E-state index contributed by atoms with van der Waals surface area (Å²) in [6.07, 6.45) is 6.12. The molecule has 1 unspecified atom stereocenters. The Balaban J connectivity index is 1.54. The van der Waals surface area contributed by atoms with Gasteiger partial charge >= 0.3 is 0 Å². The Morgan fingerprint density at radius 1 is 1.03 bits per heavy atom. The number of carbonyl (C=O) groups excluding carboxylic acids is 1. The number of benzene rings is 1. The van der Waals surface area contributed by atoms with E-state index in [2.05, 4.69) is 58.0 Å². The van der Waals surface area contributed by atoms with Crippen LogP contribution in [-0.4, -0.2) is 33.8 Å². The zero-order chi connectivity index (χ0) is 21.5. The summed E-state index contributed by atoms with van der Waals surface area (Å²) in [6.45, 7) is 6.14. The van der Waals surface area contributed by atoms with Gasteiger partial charge < -0.3 is 4.90 Å². The molecule has 1 aliphatic heterocycles. The van der Waals surface area contributed by atoms with Crippen LogP contribution in [0.15, 0.2) is 35.3 Å². The third-order valence-corrected chi connectivity index (χ3v) is 6.74. The number of rotatable bonds is 3. The van der Waals surface area contributed by atoms with Crippen LogP contribution in [0.5, 0.6) is 0 Å². The van der Waals surface area contributed by atoms with Gasteiger partial charge in [0.1, 0.15) is 0 Å². The van der Waals surface area contributed by atoms with Crippen LogP contribution < -0.4 is 10.5 Å². The van der Waals surface area contributed by atoms with Gasteiger partial charge in [0.15, 0.2) is 11.4 Å². The lowest BCUT2D eigenvalue weighted by atomic mass is 9.79. The minimum atomic E-state index is -0.196. The number of piperidine rings is 1. The molecule has 0 radical (unpaired) electrons. The topological polar surface area (TPSA) is 79.0 Å². The second kappa shape index (κ2) is 7.91. The second-order valence-electron chi connectivity index (χ2n) is 9.14. The van der Waals surface area contributed by atoms with E-state index in [4.69, 9.17) is 0 Å². The van der Waals surface area contributed by atoms with Crippen LogP contribution in [0.2, 0.25) is 0 Å². The van der Waals surface area contributed by atoms with Gasteiger partial charge in [0.2, 0.25) is 5.95 Å².